The molecule has 2 saturated heterocycles. The molecule has 0 spiro atoms. The summed E-state index contributed by atoms with van der Waals surface area (Å²) in [7, 11) is 0. The molecule has 2 aliphatic rings. The molecule has 0 saturated carbocycles. The molecule has 2 fully saturated rings. The van der Waals surface area contributed by atoms with Crippen molar-refractivity contribution in [3.63, 3.8) is 0 Å². The third-order valence-electron chi connectivity index (χ3n) is 3.17. The van der Waals surface area contributed by atoms with Crippen LogP contribution in [0, 0.1) is 5.92 Å². The minimum Gasteiger partial charge on any atom is -0.300 e. The van der Waals surface area contributed by atoms with E-state index in [4.69, 9.17) is 0 Å². The molecular weight excluding hydrogens is 122 g/mol. The third kappa shape index (κ3) is 1.07. The molecule has 0 N–H and O–H groups in total. The largest absolute Gasteiger partial charge is 0.300 e. The molecule has 0 aromatic heterocycles. The van der Waals surface area contributed by atoms with Crippen LogP contribution in [0.3, 0.4) is 0 Å². The Hall–Kier alpha value is -0.0400. The van der Waals surface area contributed by atoms with E-state index in [0.29, 0.717) is 0 Å². The second-order valence-electron chi connectivity index (χ2n) is 3.95. The number of hydrogen-bond donors (Lipinski definition) is 0. The maximum absolute atomic E-state index is 2.66. The average molecular weight is 139 g/mol. The fourth-order valence-electron chi connectivity index (χ4n) is 2.12. The summed E-state index contributed by atoms with van der Waals surface area (Å²) in [4.78, 5) is 2.66. The van der Waals surface area contributed by atoms with Crippen LogP contribution in [0.1, 0.15) is 32.6 Å². The van der Waals surface area contributed by atoms with Gasteiger partial charge in [0, 0.05) is 6.04 Å². The minimum atomic E-state index is 0.991. The van der Waals surface area contributed by atoms with Crippen molar-refractivity contribution in [2.75, 3.05) is 13.1 Å². The first-order chi connectivity index (χ1) is 4.86. The van der Waals surface area contributed by atoms with E-state index in [0.717, 1.165) is 12.0 Å². The van der Waals surface area contributed by atoms with Crippen molar-refractivity contribution in [3.05, 3.63) is 0 Å². The third-order valence-corrected chi connectivity index (χ3v) is 3.17. The number of rotatable bonds is 0. The second kappa shape index (κ2) is 2.54. The van der Waals surface area contributed by atoms with Crippen molar-refractivity contribution >= 4 is 0 Å². The van der Waals surface area contributed by atoms with E-state index < -0.39 is 0 Å². The van der Waals surface area contributed by atoms with Crippen molar-refractivity contribution in [1.29, 1.82) is 0 Å². The van der Waals surface area contributed by atoms with Crippen LogP contribution in [0.4, 0.5) is 0 Å². The molecule has 1 nitrogen and oxygen atoms in total. The van der Waals surface area contributed by atoms with Crippen LogP contribution in [0.5, 0.6) is 0 Å². The lowest BCUT2D eigenvalue weighted by molar-refractivity contribution is 0.0945. The summed E-state index contributed by atoms with van der Waals surface area (Å²) in [6.45, 7) is 5.16. The highest BCUT2D eigenvalue weighted by Gasteiger charge is 2.29. The molecule has 2 atom stereocenters. The van der Waals surface area contributed by atoms with Crippen LogP contribution in [0.25, 0.3) is 0 Å². The molecule has 0 bridgehead atoms. The molecule has 2 rings (SSSR count). The van der Waals surface area contributed by atoms with E-state index in [9.17, 15) is 0 Å². The van der Waals surface area contributed by atoms with Crippen molar-refractivity contribution < 1.29 is 0 Å². The number of hydrogen-bond acceptors (Lipinski definition) is 1. The van der Waals surface area contributed by atoms with Gasteiger partial charge in [-0.05, 0) is 44.7 Å². The van der Waals surface area contributed by atoms with Crippen molar-refractivity contribution in [1.82, 2.24) is 4.90 Å². The molecule has 2 aliphatic heterocycles. The molecule has 0 aromatic carbocycles. The lowest BCUT2D eigenvalue weighted by Gasteiger charge is -2.39. The Labute approximate surface area is 63.4 Å². The molecular formula is C9H17N. The highest BCUT2D eigenvalue weighted by Crippen LogP contribution is 2.28. The van der Waals surface area contributed by atoms with Gasteiger partial charge in [-0.1, -0.05) is 6.92 Å². The van der Waals surface area contributed by atoms with Gasteiger partial charge in [0.15, 0.2) is 0 Å². The van der Waals surface area contributed by atoms with Gasteiger partial charge in [0.2, 0.25) is 0 Å². The summed E-state index contributed by atoms with van der Waals surface area (Å²) in [5.74, 6) is 0.991. The van der Waals surface area contributed by atoms with Gasteiger partial charge < -0.3 is 4.90 Å². The molecule has 0 aliphatic carbocycles. The monoisotopic (exact) mass is 139 g/mol. The van der Waals surface area contributed by atoms with Gasteiger partial charge >= 0.3 is 0 Å². The van der Waals surface area contributed by atoms with Crippen LogP contribution in [0.2, 0.25) is 0 Å². The Bertz CT molecular complexity index is 108. The normalized spacial score (nSPS) is 41.7. The fourth-order valence-corrected chi connectivity index (χ4v) is 2.12. The Balaban J connectivity index is 1.91. The SMILES string of the molecule is C[C@H]1CCC2CCN2CC1. The smallest absolute Gasteiger partial charge is 0.0107 e. The van der Waals surface area contributed by atoms with E-state index in [1.165, 1.54) is 38.8 Å². The molecule has 0 radical (unpaired) electrons. The van der Waals surface area contributed by atoms with Crippen LogP contribution in [0.15, 0.2) is 0 Å². The zero-order valence-corrected chi connectivity index (χ0v) is 6.84. The quantitative estimate of drug-likeness (QED) is 0.495. The Morgan fingerprint density at radius 1 is 1.00 bits per heavy atom. The Kier molecular flexibility index (Phi) is 1.69. The zero-order chi connectivity index (χ0) is 6.97. The summed E-state index contributed by atoms with van der Waals surface area (Å²) in [5.41, 5.74) is 0. The summed E-state index contributed by atoms with van der Waals surface area (Å²) >= 11 is 0. The Morgan fingerprint density at radius 2 is 1.80 bits per heavy atom. The van der Waals surface area contributed by atoms with Crippen LogP contribution >= 0.6 is 0 Å². The van der Waals surface area contributed by atoms with Crippen LogP contribution in [-0.2, 0) is 0 Å². The molecule has 1 unspecified atom stereocenters. The molecule has 58 valence electrons. The first kappa shape index (κ1) is 6.66. The predicted octanol–water partition coefficient (Wildman–Crippen LogP) is 1.88. The van der Waals surface area contributed by atoms with Gasteiger partial charge in [-0.15, -0.1) is 0 Å². The van der Waals surface area contributed by atoms with Gasteiger partial charge in [-0.2, -0.15) is 0 Å². The second-order valence-corrected chi connectivity index (χ2v) is 3.95. The number of nitrogens with zero attached hydrogens (tertiary/aromatic N) is 1. The summed E-state index contributed by atoms with van der Waals surface area (Å²) < 4.78 is 0. The Morgan fingerprint density at radius 3 is 2.50 bits per heavy atom. The molecule has 2 heterocycles. The van der Waals surface area contributed by atoms with Gasteiger partial charge in [0.1, 0.15) is 0 Å². The van der Waals surface area contributed by atoms with E-state index in [1.807, 2.05) is 0 Å². The van der Waals surface area contributed by atoms with Gasteiger partial charge in [0.25, 0.3) is 0 Å². The lowest BCUT2D eigenvalue weighted by atomic mass is 9.97. The molecule has 10 heavy (non-hydrogen) atoms. The summed E-state index contributed by atoms with van der Waals surface area (Å²) in [5, 5.41) is 0. The number of fused-ring (bicyclic) bond motifs is 1. The van der Waals surface area contributed by atoms with Gasteiger partial charge in [-0.25, -0.2) is 0 Å². The highest BCUT2D eigenvalue weighted by molar-refractivity contribution is 4.85. The van der Waals surface area contributed by atoms with E-state index in [2.05, 4.69) is 11.8 Å². The molecule has 0 amide bonds. The average Bonchev–Trinajstić information content (AvgIpc) is 1.94. The van der Waals surface area contributed by atoms with Gasteiger partial charge in [0.05, 0.1) is 0 Å². The van der Waals surface area contributed by atoms with Crippen molar-refractivity contribution in [3.8, 4) is 0 Å². The van der Waals surface area contributed by atoms with Crippen LogP contribution in [-0.4, -0.2) is 24.0 Å². The maximum atomic E-state index is 2.66. The lowest BCUT2D eigenvalue weighted by Crippen LogP contribution is -2.46. The van der Waals surface area contributed by atoms with E-state index >= 15 is 0 Å². The van der Waals surface area contributed by atoms with E-state index in [-0.39, 0.29) is 0 Å². The van der Waals surface area contributed by atoms with Crippen LogP contribution < -0.4 is 0 Å². The fraction of sp³-hybridized carbons (Fsp3) is 1.00. The highest BCUT2D eigenvalue weighted by atomic mass is 15.2. The maximum Gasteiger partial charge on any atom is 0.0107 e. The van der Waals surface area contributed by atoms with Crippen molar-refractivity contribution in [2.24, 2.45) is 5.92 Å². The topological polar surface area (TPSA) is 3.24 Å². The summed E-state index contributed by atoms with van der Waals surface area (Å²) in [6, 6.07) is 0.991. The standard InChI is InChI=1S/C9H17N/c1-8-2-3-9-5-7-10(9)6-4-8/h8-9H,2-7H2,1H3/t8-,9?/m0/s1. The summed E-state index contributed by atoms with van der Waals surface area (Å²) in [6.07, 6.45) is 5.87. The van der Waals surface area contributed by atoms with Gasteiger partial charge in [-0.3, -0.25) is 0 Å². The molecule has 0 aromatic rings. The first-order valence-corrected chi connectivity index (χ1v) is 4.60. The molecule has 1 heteroatoms. The van der Waals surface area contributed by atoms with Crippen molar-refractivity contribution in [2.45, 2.75) is 38.6 Å². The minimum absolute atomic E-state index is 0.991. The zero-order valence-electron chi connectivity index (χ0n) is 6.84. The first-order valence-electron chi connectivity index (χ1n) is 4.60. The predicted molar refractivity (Wildman–Crippen MR) is 43.0 cm³/mol. The van der Waals surface area contributed by atoms with E-state index in [1.54, 1.807) is 0 Å².